The summed E-state index contributed by atoms with van der Waals surface area (Å²) in [5.41, 5.74) is 5.36. The number of halogens is 1. The number of nitrogens with zero attached hydrogens (tertiary/aromatic N) is 2. The van der Waals surface area contributed by atoms with E-state index in [9.17, 15) is 4.39 Å². The molecule has 0 atom stereocenters. The lowest BCUT2D eigenvalue weighted by Gasteiger charge is -2.42. The number of aromatic nitrogens is 2. The number of pyridine rings is 1. The molecule has 2 aliphatic rings. The number of likely N-dealkylation sites (tertiary alicyclic amines) is 1. The standard InChI is InChI=1S/C23H26FN3/c1-15-13-17(20-7-10-25-23-22(20)21(24)14-26-23)5-6-19(15)16-8-11-27(12-9-16)18-3-2-4-18/h5-7,10,13-14,16,18H,2-4,8-9,11-12H2,1H3,(H,25,26). The van der Waals surface area contributed by atoms with Gasteiger partial charge < -0.3 is 9.88 Å². The van der Waals surface area contributed by atoms with Gasteiger partial charge in [-0.3, -0.25) is 0 Å². The summed E-state index contributed by atoms with van der Waals surface area (Å²) in [6.45, 7) is 4.66. The number of aryl methyl sites for hydroxylation is 1. The van der Waals surface area contributed by atoms with Crippen LogP contribution in [0.1, 0.15) is 49.1 Å². The summed E-state index contributed by atoms with van der Waals surface area (Å²) in [6.07, 6.45) is 9.84. The Morgan fingerprint density at radius 1 is 1.11 bits per heavy atom. The maximum atomic E-state index is 14.2. The third-order valence-electron chi connectivity index (χ3n) is 6.67. The molecule has 2 fully saturated rings. The number of benzene rings is 1. The molecule has 1 aliphatic heterocycles. The number of nitrogens with one attached hydrogen (secondary N) is 1. The zero-order valence-corrected chi connectivity index (χ0v) is 15.8. The molecule has 3 aromatic rings. The predicted octanol–water partition coefficient (Wildman–Crippen LogP) is 5.41. The molecule has 27 heavy (non-hydrogen) atoms. The van der Waals surface area contributed by atoms with Gasteiger partial charge in [0.05, 0.1) is 5.39 Å². The first-order chi connectivity index (χ1) is 13.2. The summed E-state index contributed by atoms with van der Waals surface area (Å²) in [5, 5.41) is 0.582. The van der Waals surface area contributed by atoms with Gasteiger partial charge in [0.2, 0.25) is 0 Å². The molecule has 1 saturated carbocycles. The zero-order valence-electron chi connectivity index (χ0n) is 15.8. The van der Waals surface area contributed by atoms with Crippen molar-refractivity contribution in [1.82, 2.24) is 14.9 Å². The highest BCUT2D eigenvalue weighted by atomic mass is 19.1. The normalized spacial score (nSPS) is 19.5. The Labute approximate surface area is 159 Å². The molecule has 0 spiro atoms. The number of hydrogen-bond acceptors (Lipinski definition) is 2. The second-order valence-electron chi connectivity index (χ2n) is 8.19. The van der Waals surface area contributed by atoms with E-state index in [0.29, 0.717) is 17.0 Å². The molecule has 3 nitrogen and oxygen atoms in total. The summed E-state index contributed by atoms with van der Waals surface area (Å²) in [6, 6.07) is 9.41. The smallest absolute Gasteiger partial charge is 0.150 e. The maximum absolute atomic E-state index is 14.2. The summed E-state index contributed by atoms with van der Waals surface area (Å²) in [7, 11) is 0. The third kappa shape index (κ3) is 2.96. The minimum Gasteiger partial charge on any atom is -0.343 e. The third-order valence-corrected chi connectivity index (χ3v) is 6.67. The van der Waals surface area contributed by atoms with Crippen molar-refractivity contribution in [3.05, 3.63) is 53.6 Å². The maximum Gasteiger partial charge on any atom is 0.150 e. The van der Waals surface area contributed by atoms with Gasteiger partial charge in [-0.1, -0.05) is 24.6 Å². The first kappa shape index (κ1) is 16.9. The van der Waals surface area contributed by atoms with Gasteiger partial charge in [-0.15, -0.1) is 0 Å². The average molecular weight is 363 g/mol. The van der Waals surface area contributed by atoms with Crippen LogP contribution in [0, 0.1) is 12.7 Å². The topological polar surface area (TPSA) is 31.9 Å². The van der Waals surface area contributed by atoms with E-state index in [2.05, 4.69) is 40.0 Å². The first-order valence-corrected chi connectivity index (χ1v) is 10.2. The van der Waals surface area contributed by atoms with Crippen LogP contribution in [-0.2, 0) is 0 Å². The summed E-state index contributed by atoms with van der Waals surface area (Å²) >= 11 is 0. The molecule has 1 aliphatic carbocycles. The van der Waals surface area contributed by atoms with Crippen LogP contribution >= 0.6 is 0 Å². The molecular formula is C23H26FN3. The molecule has 0 radical (unpaired) electrons. The van der Waals surface area contributed by atoms with Crippen LogP contribution in [0.4, 0.5) is 4.39 Å². The average Bonchev–Trinajstić information content (AvgIpc) is 3.02. The minimum atomic E-state index is -0.238. The summed E-state index contributed by atoms with van der Waals surface area (Å²) in [4.78, 5) is 9.84. The van der Waals surface area contributed by atoms with Gasteiger partial charge in [0.1, 0.15) is 5.65 Å². The number of H-pyrrole nitrogens is 1. The van der Waals surface area contributed by atoms with Crippen LogP contribution < -0.4 is 0 Å². The van der Waals surface area contributed by atoms with Gasteiger partial charge in [-0.25, -0.2) is 9.37 Å². The van der Waals surface area contributed by atoms with Gasteiger partial charge in [0, 0.05) is 18.4 Å². The van der Waals surface area contributed by atoms with Gasteiger partial charge in [-0.05, 0) is 79.9 Å². The van der Waals surface area contributed by atoms with Crippen LogP contribution in [0.25, 0.3) is 22.2 Å². The van der Waals surface area contributed by atoms with E-state index >= 15 is 0 Å². The predicted molar refractivity (Wildman–Crippen MR) is 107 cm³/mol. The van der Waals surface area contributed by atoms with Crippen LogP contribution in [-0.4, -0.2) is 34.0 Å². The second kappa shape index (κ2) is 6.75. The lowest BCUT2D eigenvalue weighted by Crippen LogP contribution is -2.44. The van der Waals surface area contributed by atoms with Crippen LogP contribution in [0.5, 0.6) is 0 Å². The van der Waals surface area contributed by atoms with E-state index in [0.717, 1.165) is 17.2 Å². The van der Waals surface area contributed by atoms with Crippen molar-refractivity contribution in [1.29, 1.82) is 0 Å². The fourth-order valence-electron chi connectivity index (χ4n) is 4.89. The van der Waals surface area contributed by atoms with Crippen molar-refractivity contribution in [2.24, 2.45) is 0 Å². The van der Waals surface area contributed by atoms with Crippen molar-refractivity contribution in [3.63, 3.8) is 0 Å². The van der Waals surface area contributed by atoms with Gasteiger partial charge >= 0.3 is 0 Å². The van der Waals surface area contributed by atoms with E-state index in [-0.39, 0.29) is 5.82 Å². The minimum absolute atomic E-state index is 0.238. The highest BCUT2D eigenvalue weighted by Crippen LogP contribution is 2.36. The Hall–Kier alpha value is -2.20. The number of rotatable bonds is 3. The lowest BCUT2D eigenvalue weighted by atomic mass is 9.83. The Kier molecular flexibility index (Phi) is 4.24. The molecule has 2 aromatic heterocycles. The van der Waals surface area contributed by atoms with E-state index < -0.39 is 0 Å². The molecule has 1 N–H and O–H groups in total. The molecule has 4 heteroatoms. The van der Waals surface area contributed by atoms with Gasteiger partial charge in [0.15, 0.2) is 5.82 Å². The zero-order chi connectivity index (χ0) is 18.4. The van der Waals surface area contributed by atoms with E-state index in [4.69, 9.17) is 0 Å². The van der Waals surface area contributed by atoms with Crippen molar-refractivity contribution >= 4 is 11.0 Å². The fraction of sp³-hybridized carbons (Fsp3) is 0.435. The van der Waals surface area contributed by atoms with Crippen molar-refractivity contribution in [2.45, 2.75) is 51.0 Å². The number of hydrogen-bond donors (Lipinski definition) is 1. The number of piperidine rings is 1. The van der Waals surface area contributed by atoms with Gasteiger partial charge in [-0.2, -0.15) is 0 Å². The van der Waals surface area contributed by atoms with Crippen LogP contribution in [0.2, 0.25) is 0 Å². The van der Waals surface area contributed by atoms with E-state index in [1.54, 1.807) is 6.20 Å². The lowest BCUT2D eigenvalue weighted by molar-refractivity contribution is 0.0975. The Morgan fingerprint density at radius 3 is 2.63 bits per heavy atom. The number of fused-ring (bicyclic) bond motifs is 1. The Balaban J connectivity index is 1.40. The first-order valence-electron chi connectivity index (χ1n) is 10.2. The van der Waals surface area contributed by atoms with Gasteiger partial charge in [0.25, 0.3) is 0 Å². The highest BCUT2D eigenvalue weighted by molar-refractivity contribution is 5.93. The molecule has 140 valence electrons. The molecule has 0 amide bonds. The molecule has 5 rings (SSSR count). The molecule has 1 saturated heterocycles. The second-order valence-corrected chi connectivity index (χ2v) is 8.19. The van der Waals surface area contributed by atoms with Crippen LogP contribution in [0.15, 0.2) is 36.7 Å². The Morgan fingerprint density at radius 2 is 1.93 bits per heavy atom. The van der Waals surface area contributed by atoms with Crippen molar-refractivity contribution < 1.29 is 4.39 Å². The monoisotopic (exact) mass is 363 g/mol. The van der Waals surface area contributed by atoms with Crippen LogP contribution in [0.3, 0.4) is 0 Å². The van der Waals surface area contributed by atoms with Crippen molar-refractivity contribution in [3.8, 4) is 11.1 Å². The highest BCUT2D eigenvalue weighted by Gasteiger charge is 2.29. The molecule has 0 unspecified atom stereocenters. The molecular weight excluding hydrogens is 337 g/mol. The van der Waals surface area contributed by atoms with E-state index in [1.807, 2.05) is 6.07 Å². The largest absolute Gasteiger partial charge is 0.343 e. The molecule has 1 aromatic carbocycles. The summed E-state index contributed by atoms with van der Waals surface area (Å²) < 4.78 is 14.2. The quantitative estimate of drug-likeness (QED) is 0.675. The summed E-state index contributed by atoms with van der Waals surface area (Å²) in [5.74, 6) is 0.412. The fourth-order valence-corrected chi connectivity index (χ4v) is 4.89. The molecule has 0 bridgehead atoms. The van der Waals surface area contributed by atoms with Crippen molar-refractivity contribution in [2.75, 3.05) is 13.1 Å². The SMILES string of the molecule is Cc1cc(-c2ccnc3[nH]cc(F)c23)ccc1C1CCN(C2CCC2)CC1. The Bertz CT molecular complexity index is 965. The number of aromatic amines is 1. The molecule has 3 heterocycles. The van der Waals surface area contributed by atoms with E-state index in [1.165, 1.54) is 62.5 Å².